The number of hydrogen-bond donors (Lipinski definition) is 0. The number of nitrogens with zero attached hydrogens (tertiary/aromatic N) is 3. The molecule has 3 rings (SSSR count). The van der Waals surface area contributed by atoms with Crippen molar-refractivity contribution in [2.45, 2.75) is 19.9 Å². The Kier molecular flexibility index (Phi) is 6.23. The maximum Gasteiger partial charge on any atom is 0.283 e. The molecule has 0 N–H and O–H groups in total. The largest absolute Gasteiger partial charge is 0.336 e. The predicted octanol–water partition coefficient (Wildman–Crippen LogP) is 3.88. The highest BCUT2D eigenvalue weighted by atomic mass is 79.9. The second kappa shape index (κ2) is 8.63. The molecular weight excluding hydrogens is 410 g/mol. The Morgan fingerprint density at radius 1 is 1.07 bits per heavy atom. The Balaban J connectivity index is 1.58. The van der Waals surface area contributed by atoms with Crippen molar-refractivity contribution in [2.75, 3.05) is 26.2 Å². The lowest BCUT2D eigenvalue weighted by Crippen LogP contribution is -2.48. The number of carbonyl (C=O) groups is 1. The van der Waals surface area contributed by atoms with Gasteiger partial charge in [-0.05, 0) is 51.7 Å². The molecular formula is C20H22BrN3O3. The van der Waals surface area contributed by atoms with E-state index in [4.69, 9.17) is 0 Å². The number of benzene rings is 2. The van der Waals surface area contributed by atoms with Gasteiger partial charge in [-0.2, -0.15) is 0 Å². The number of nitro groups is 1. The summed E-state index contributed by atoms with van der Waals surface area (Å²) in [4.78, 5) is 27.4. The van der Waals surface area contributed by atoms with Gasteiger partial charge in [-0.15, -0.1) is 0 Å². The Morgan fingerprint density at radius 2 is 1.70 bits per heavy atom. The second-order valence-corrected chi connectivity index (χ2v) is 7.52. The fourth-order valence-electron chi connectivity index (χ4n) is 3.23. The maximum absolute atomic E-state index is 12.6. The van der Waals surface area contributed by atoms with Crippen molar-refractivity contribution in [3.05, 3.63) is 73.7 Å². The molecule has 0 bridgehead atoms. The standard InChI is InChI=1S/C20H22BrN3O3/c1-2-15-3-6-17(7-4-15)20(25)23-11-9-22(10-12-23)14-16-5-8-18(21)19(13-16)24(26)27/h3-8,13H,2,9-12,14H2,1H3. The van der Waals surface area contributed by atoms with E-state index in [9.17, 15) is 14.9 Å². The Bertz CT molecular complexity index is 831. The fourth-order valence-corrected chi connectivity index (χ4v) is 3.62. The summed E-state index contributed by atoms with van der Waals surface area (Å²) in [5.41, 5.74) is 2.93. The third-order valence-electron chi connectivity index (χ3n) is 4.88. The van der Waals surface area contributed by atoms with Crippen LogP contribution >= 0.6 is 15.9 Å². The summed E-state index contributed by atoms with van der Waals surface area (Å²) < 4.78 is 0.487. The van der Waals surface area contributed by atoms with Gasteiger partial charge < -0.3 is 4.90 Å². The Labute approximate surface area is 167 Å². The van der Waals surface area contributed by atoms with E-state index >= 15 is 0 Å². The zero-order valence-electron chi connectivity index (χ0n) is 15.2. The van der Waals surface area contributed by atoms with Crippen LogP contribution in [0, 0.1) is 10.1 Å². The minimum atomic E-state index is -0.381. The fraction of sp³-hybridized carbons (Fsp3) is 0.350. The number of amides is 1. The molecule has 1 aliphatic heterocycles. The van der Waals surface area contributed by atoms with E-state index < -0.39 is 0 Å². The first-order valence-electron chi connectivity index (χ1n) is 9.01. The van der Waals surface area contributed by atoms with Crippen LogP contribution in [0.15, 0.2) is 46.9 Å². The lowest BCUT2D eigenvalue weighted by atomic mass is 10.1. The van der Waals surface area contributed by atoms with E-state index in [1.165, 1.54) is 5.56 Å². The summed E-state index contributed by atoms with van der Waals surface area (Å²) in [6, 6.07) is 13.0. The maximum atomic E-state index is 12.6. The quantitative estimate of drug-likeness (QED) is 0.532. The van der Waals surface area contributed by atoms with Crippen molar-refractivity contribution in [1.29, 1.82) is 0 Å². The molecule has 0 radical (unpaired) electrons. The minimum absolute atomic E-state index is 0.0663. The molecule has 142 valence electrons. The van der Waals surface area contributed by atoms with E-state index in [1.807, 2.05) is 35.2 Å². The Morgan fingerprint density at radius 3 is 2.30 bits per heavy atom. The highest BCUT2D eigenvalue weighted by Crippen LogP contribution is 2.26. The molecule has 7 heteroatoms. The van der Waals surface area contributed by atoms with E-state index in [2.05, 4.69) is 27.8 Å². The van der Waals surface area contributed by atoms with Gasteiger partial charge in [0.1, 0.15) is 0 Å². The second-order valence-electron chi connectivity index (χ2n) is 6.66. The summed E-state index contributed by atoms with van der Waals surface area (Å²) in [6.07, 6.45) is 0.960. The molecule has 1 aliphatic rings. The molecule has 2 aromatic rings. The molecule has 1 saturated heterocycles. The van der Waals surface area contributed by atoms with Gasteiger partial charge in [-0.25, -0.2) is 0 Å². The molecule has 1 amide bonds. The van der Waals surface area contributed by atoms with Crippen LogP contribution in [0.3, 0.4) is 0 Å². The molecule has 0 atom stereocenters. The third-order valence-corrected chi connectivity index (χ3v) is 5.55. The Hall–Kier alpha value is -2.25. The first-order valence-corrected chi connectivity index (χ1v) is 9.80. The van der Waals surface area contributed by atoms with Gasteiger partial charge in [0.15, 0.2) is 0 Å². The number of piperazine rings is 1. The van der Waals surface area contributed by atoms with Crippen molar-refractivity contribution in [3.8, 4) is 0 Å². The van der Waals surface area contributed by atoms with Crippen LogP contribution in [0.1, 0.15) is 28.4 Å². The van der Waals surface area contributed by atoms with Crippen LogP contribution < -0.4 is 0 Å². The van der Waals surface area contributed by atoms with E-state index in [0.717, 1.165) is 30.6 Å². The topological polar surface area (TPSA) is 66.7 Å². The molecule has 0 aliphatic carbocycles. The van der Waals surface area contributed by atoms with Crippen LogP contribution in [0.25, 0.3) is 0 Å². The van der Waals surface area contributed by atoms with Crippen LogP contribution in [-0.4, -0.2) is 46.8 Å². The summed E-state index contributed by atoms with van der Waals surface area (Å²) in [6.45, 7) is 5.56. The SMILES string of the molecule is CCc1ccc(C(=O)N2CCN(Cc3ccc(Br)c([N+](=O)[O-])c3)CC2)cc1. The number of hydrogen-bond acceptors (Lipinski definition) is 4. The van der Waals surface area contributed by atoms with Crippen molar-refractivity contribution in [2.24, 2.45) is 0 Å². The summed E-state index contributed by atoms with van der Waals surface area (Å²) in [5, 5.41) is 11.1. The van der Waals surface area contributed by atoms with Gasteiger partial charge >= 0.3 is 0 Å². The number of aryl methyl sites for hydroxylation is 1. The number of rotatable bonds is 5. The zero-order valence-corrected chi connectivity index (χ0v) is 16.8. The normalized spacial score (nSPS) is 15.0. The molecule has 0 spiro atoms. The van der Waals surface area contributed by atoms with Crippen molar-refractivity contribution < 1.29 is 9.72 Å². The molecule has 6 nitrogen and oxygen atoms in total. The molecule has 1 heterocycles. The van der Waals surface area contributed by atoms with Crippen molar-refractivity contribution in [1.82, 2.24) is 9.80 Å². The molecule has 0 saturated carbocycles. The lowest BCUT2D eigenvalue weighted by molar-refractivity contribution is -0.385. The van der Waals surface area contributed by atoms with Crippen LogP contribution in [0.5, 0.6) is 0 Å². The number of nitro benzene ring substituents is 1. The number of carbonyl (C=O) groups excluding carboxylic acids is 1. The lowest BCUT2D eigenvalue weighted by Gasteiger charge is -2.34. The van der Waals surface area contributed by atoms with Gasteiger partial charge in [0.2, 0.25) is 0 Å². The molecule has 27 heavy (non-hydrogen) atoms. The van der Waals surface area contributed by atoms with E-state index in [-0.39, 0.29) is 16.5 Å². The minimum Gasteiger partial charge on any atom is -0.336 e. The highest BCUT2D eigenvalue weighted by Gasteiger charge is 2.23. The molecule has 1 fully saturated rings. The molecule has 0 aromatic heterocycles. The van der Waals surface area contributed by atoms with Gasteiger partial charge in [0, 0.05) is 44.4 Å². The van der Waals surface area contributed by atoms with Crippen LogP contribution in [0.4, 0.5) is 5.69 Å². The van der Waals surface area contributed by atoms with Gasteiger partial charge in [-0.1, -0.05) is 25.1 Å². The first-order chi connectivity index (χ1) is 13.0. The average Bonchev–Trinajstić information content (AvgIpc) is 2.69. The molecule has 0 unspecified atom stereocenters. The van der Waals surface area contributed by atoms with Gasteiger partial charge in [-0.3, -0.25) is 19.8 Å². The van der Waals surface area contributed by atoms with Crippen LogP contribution in [0.2, 0.25) is 0 Å². The van der Waals surface area contributed by atoms with Crippen molar-refractivity contribution >= 4 is 27.5 Å². The first kappa shape index (κ1) is 19.5. The smallest absolute Gasteiger partial charge is 0.283 e. The predicted molar refractivity (Wildman–Crippen MR) is 108 cm³/mol. The monoisotopic (exact) mass is 431 g/mol. The van der Waals surface area contributed by atoms with Gasteiger partial charge in [0.25, 0.3) is 11.6 Å². The molecule has 2 aromatic carbocycles. The van der Waals surface area contributed by atoms with E-state index in [0.29, 0.717) is 24.1 Å². The van der Waals surface area contributed by atoms with Crippen molar-refractivity contribution in [3.63, 3.8) is 0 Å². The van der Waals surface area contributed by atoms with Gasteiger partial charge in [0.05, 0.1) is 9.40 Å². The van der Waals surface area contributed by atoms with E-state index in [1.54, 1.807) is 12.1 Å². The summed E-state index contributed by atoms with van der Waals surface area (Å²) in [7, 11) is 0. The summed E-state index contributed by atoms with van der Waals surface area (Å²) in [5.74, 6) is 0.0663. The zero-order chi connectivity index (χ0) is 19.4. The highest BCUT2D eigenvalue weighted by molar-refractivity contribution is 9.10. The van der Waals surface area contributed by atoms with Crippen LogP contribution in [-0.2, 0) is 13.0 Å². The number of halogens is 1. The third kappa shape index (κ3) is 4.73. The summed E-state index contributed by atoms with van der Waals surface area (Å²) >= 11 is 3.21. The average molecular weight is 432 g/mol.